The lowest BCUT2D eigenvalue weighted by molar-refractivity contribution is -0.132. The van der Waals surface area contributed by atoms with Crippen molar-refractivity contribution >= 4 is 39.9 Å². The van der Waals surface area contributed by atoms with Gasteiger partial charge in [0.1, 0.15) is 23.0 Å². The summed E-state index contributed by atoms with van der Waals surface area (Å²) in [5.74, 6) is -2.00. The molecule has 0 bridgehead atoms. The molecule has 1 atom stereocenters. The smallest absolute Gasteiger partial charge is 0.350 e. The topological polar surface area (TPSA) is 106 Å². The van der Waals surface area contributed by atoms with Crippen LogP contribution in [0.5, 0.6) is 5.75 Å². The molecule has 1 unspecified atom stereocenters. The molecule has 3 aromatic carbocycles. The molecular weight excluding hydrogens is 540 g/mol. The van der Waals surface area contributed by atoms with Gasteiger partial charge in [-0.1, -0.05) is 65.4 Å². The molecule has 1 fully saturated rings. The van der Waals surface area contributed by atoms with Gasteiger partial charge in [-0.3, -0.25) is 14.5 Å². The fourth-order valence-corrected chi connectivity index (χ4v) is 5.67. The third-order valence-corrected chi connectivity index (χ3v) is 8.12. The standard InChI is InChI=1S/C32H28N2O6S/c1-18-9-11-21(12-10-18)26-25(28(36)30(37)34(26)32-33-20(3)29(41-32)31(38)39-4)27(35)22-13-15-24(16-14-22)40-17-23-8-6-5-7-19(23)2/h5-16,26,35H,17H2,1-4H3. The molecule has 1 aliphatic heterocycles. The first kappa shape index (κ1) is 27.8. The minimum absolute atomic E-state index is 0.0695. The van der Waals surface area contributed by atoms with E-state index in [1.54, 1.807) is 43.3 Å². The van der Waals surface area contributed by atoms with E-state index in [9.17, 15) is 19.5 Å². The summed E-state index contributed by atoms with van der Waals surface area (Å²) in [6.07, 6.45) is 0. The van der Waals surface area contributed by atoms with Gasteiger partial charge in [-0.05, 0) is 61.7 Å². The summed E-state index contributed by atoms with van der Waals surface area (Å²) in [7, 11) is 1.26. The highest BCUT2D eigenvalue weighted by Crippen LogP contribution is 2.44. The maximum absolute atomic E-state index is 13.4. The maximum Gasteiger partial charge on any atom is 0.350 e. The first-order chi connectivity index (χ1) is 19.7. The van der Waals surface area contributed by atoms with Crippen LogP contribution in [0.4, 0.5) is 5.13 Å². The number of anilines is 1. The number of nitrogens with zero attached hydrogens (tertiary/aromatic N) is 2. The highest BCUT2D eigenvalue weighted by Gasteiger charge is 2.48. The van der Waals surface area contributed by atoms with Crippen LogP contribution in [-0.2, 0) is 20.9 Å². The number of aliphatic hydroxyl groups excluding tert-OH is 1. The van der Waals surface area contributed by atoms with Crippen molar-refractivity contribution in [2.75, 3.05) is 12.0 Å². The van der Waals surface area contributed by atoms with Crippen LogP contribution in [0.3, 0.4) is 0 Å². The minimum atomic E-state index is -0.955. The van der Waals surface area contributed by atoms with Gasteiger partial charge < -0.3 is 14.6 Å². The molecule has 41 heavy (non-hydrogen) atoms. The fourth-order valence-electron chi connectivity index (χ4n) is 4.66. The number of aromatic nitrogens is 1. The molecule has 0 spiro atoms. The number of carbonyl (C=O) groups excluding carboxylic acids is 3. The summed E-state index contributed by atoms with van der Waals surface area (Å²) in [5, 5.41) is 11.6. The zero-order valence-corrected chi connectivity index (χ0v) is 23.8. The van der Waals surface area contributed by atoms with Crippen LogP contribution in [0.2, 0.25) is 0 Å². The van der Waals surface area contributed by atoms with E-state index in [1.807, 2.05) is 50.2 Å². The van der Waals surface area contributed by atoms with Crippen molar-refractivity contribution in [2.45, 2.75) is 33.4 Å². The van der Waals surface area contributed by atoms with Gasteiger partial charge in [0, 0.05) is 5.56 Å². The summed E-state index contributed by atoms with van der Waals surface area (Å²) in [5.41, 5.74) is 4.45. The van der Waals surface area contributed by atoms with Gasteiger partial charge in [0.2, 0.25) is 0 Å². The Balaban J connectivity index is 1.53. The van der Waals surface area contributed by atoms with Gasteiger partial charge in [-0.15, -0.1) is 0 Å². The Hall–Kier alpha value is -4.76. The molecular formula is C32H28N2O6S. The van der Waals surface area contributed by atoms with Crippen molar-refractivity contribution in [2.24, 2.45) is 0 Å². The lowest BCUT2D eigenvalue weighted by atomic mass is 9.95. The third-order valence-electron chi connectivity index (χ3n) is 6.98. The van der Waals surface area contributed by atoms with E-state index in [-0.39, 0.29) is 21.3 Å². The normalized spacial score (nSPS) is 16.2. The quantitative estimate of drug-likeness (QED) is 0.125. The summed E-state index contributed by atoms with van der Waals surface area (Å²) in [6, 6.07) is 21.0. The van der Waals surface area contributed by atoms with E-state index < -0.39 is 23.7 Å². The Labute approximate surface area is 241 Å². The highest BCUT2D eigenvalue weighted by atomic mass is 32.1. The van der Waals surface area contributed by atoms with E-state index in [1.165, 1.54) is 12.0 Å². The largest absolute Gasteiger partial charge is 0.507 e. The van der Waals surface area contributed by atoms with Crippen molar-refractivity contribution in [1.82, 2.24) is 4.98 Å². The SMILES string of the molecule is COC(=O)c1sc(N2C(=O)C(=O)C(=C(O)c3ccc(OCc4ccccc4C)cc3)C2c2ccc(C)cc2)nc1C. The molecule has 1 amide bonds. The lowest BCUT2D eigenvalue weighted by Gasteiger charge is -2.23. The number of aryl methyl sites for hydroxylation is 3. The summed E-state index contributed by atoms with van der Waals surface area (Å²) in [4.78, 5) is 45.0. The van der Waals surface area contributed by atoms with E-state index in [4.69, 9.17) is 9.47 Å². The van der Waals surface area contributed by atoms with Crippen molar-refractivity contribution in [3.63, 3.8) is 0 Å². The lowest BCUT2D eigenvalue weighted by Crippen LogP contribution is -2.29. The summed E-state index contributed by atoms with van der Waals surface area (Å²) < 4.78 is 10.8. The predicted octanol–water partition coefficient (Wildman–Crippen LogP) is 6.06. The molecule has 5 rings (SSSR count). The van der Waals surface area contributed by atoms with E-state index in [0.29, 0.717) is 29.2 Å². The Kier molecular flexibility index (Phi) is 7.72. The van der Waals surface area contributed by atoms with Crippen LogP contribution in [0, 0.1) is 20.8 Å². The Bertz CT molecular complexity index is 1670. The number of ether oxygens (including phenoxy) is 2. The Morgan fingerprint density at radius 1 is 0.976 bits per heavy atom. The van der Waals surface area contributed by atoms with Crippen LogP contribution in [0.15, 0.2) is 78.4 Å². The predicted molar refractivity (Wildman–Crippen MR) is 156 cm³/mol. The number of Topliss-reactive ketones (excluding diaryl/α,β-unsaturated/α-hetero) is 1. The van der Waals surface area contributed by atoms with Gasteiger partial charge in [0.25, 0.3) is 5.78 Å². The maximum atomic E-state index is 13.4. The average molecular weight is 569 g/mol. The molecule has 1 aromatic heterocycles. The molecule has 0 radical (unpaired) electrons. The number of benzene rings is 3. The van der Waals surface area contributed by atoms with Crippen LogP contribution in [0.25, 0.3) is 5.76 Å². The van der Waals surface area contributed by atoms with Crippen molar-refractivity contribution in [3.05, 3.63) is 117 Å². The van der Waals surface area contributed by atoms with E-state index in [0.717, 1.165) is 28.0 Å². The second-order valence-corrected chi connectivity index (χ2v) is 10.7. The molecule has 4 aromatic rings. The molecule has 8 nitrogen and oxygen atoms in total. The first-order valence-corrected chi connectivity index (χ1v) is 13.7. The Morgan fingerprint density at radius 2 is 1.66 bits per heavy atom. The van der Waals surface area contributed by atoms with Crippen LogP contribution in [-0.4, -0.2) is 34.9 Å². The number of rotatable bonds is 7. The first-order valence-electron chi connectivity index (χ1n) is 12.9. The number of aliphatic hydroxyl groups is 1. The zero-order chi connectivity index (χ0) is 29.3. The number of hydrogen-bond donors (Lipinski definition) is 1. The number of thiazole rings is 1. The number of esters is 1. The average Bonchev–Trinajstić information content (AvgIpc) is 3.48. The molecule has 1 aliphatic rings. The molecule has 0 saturated carbocycles. The number of amides is 1. The van der Waals surface area contributed by atoms with Gasteiger partial charge in [-0.25, -0.2) is 9.78 Å². The number of methoxy groups -OCH3 is 1. The molecule has 1 saturated heterocycles. The van der Waals surface area contributed by atoms with Gasteiger partial charge >= 0.3 is 11.9 Å². The molecule has 9 heteroatoms. The molecule has 208 valence electrons. The van der Waals surface area contributed by atoms with Crippen LogP contribution in [0.1, 0.15) is 49.2 Å². The number of hydrogen-bond acceptors (Lipinski definition) is 8. The summed E-state index contributed by atoms with van der Waals surface area (Å²) in [6.45, 7) is 5.96. The van der Waals surface area contributed by atoms with E-state index >= 15 is 0 Å². The highest BCUT2D eigenvalue weighted by molar-refractivity contribution is 7.17. The minimum Gasteiger partial charge on any atom is -0.507 e. The monoisotopic (exact) mass is 568 g/mol. The summed E-state index contributed by atoms with van der Waals surface area (Å²) >= 11 is 0.959. The van der Waals surface area contributed by atoms with Crippen molar-refractivity contribution < 1.29 is 29.0 Å². The molecule has 1 N–H and O–H groups in total. The molecule has 2 heterocycles. The van der Waals surface area contributed by atoms with Crippen molar-refractivity contribution in [3.8, 4) is 5.75 Å². The van der Waals surface area contributed by atoms with Gasteiger partial charge in [-0.2, -0.15) is 0 Å². The van der Waals surface area contributed by atoms with E-state index in [2.05, 4.69) is 4.98 Å². The second kappa shape index (κ2) is 11.4. The fraction of sp³-hybridized carbons (Fsp3) is 0.188. The van der Waals surface area contributed by atoms with Gasteiger partial charge in [0.15, 0.2) is 5.13 Å². The third kappa shape index (κ3) is 5.36. The second-order valence-electron chi connectivity index (χ2n) is 9.72. The van der Waals surface area contributed by atoms with Gasteiger partial charge in [0.05, 0.1) is 24.4 Å². The zero-order valence-electron chi connectivity index (χ0n) is 23.0. The molecule has 0 aliphatic carbocycles. The van der Waals surface area contributed by atoms with Crippen molar-refractivity contribution in [1.29, 1.82) is 0 Å². The van der Waals surface area contributed by atoms with Crippen LogP contribution < -0.4 is 9.64 Å². The Morgan fingerprint density at radius 3 is 2.32 bits per heavy atom. The number of carbonyl (C=O) groups is 3. The number of ketones is 1. The van der Waals surface area contributed by atoms with Crippen LogP contribution >= 0.6 is 11.3 Å².